The average molecular weight is 553 g/mol. The minimum atomic E-state index is -4.95. The Kier molecular flexibility index (Phi) is 9.18. The van der Waals surface area contributed by atoms with Gasteiger partial charge in [-0.3, -0.25) is 4.79 Å². The van der Waals surface area contributed by atoms with Crippen LogP contribution in [0.2, 0.25) is 0 Å². The van der Waals surface area contributed by atoms with Crippen LogP contribution in [-0.4, -0.2) is 70.6 Å². The molecule has 2 fully saturated rings. The first-order valence-corrected chi connectivity index (χ1v) is 13.3. The molecule has 1 amide bonds. The summed E-state index contributed by atoms with van der Waals surface area (Å²) >= 11 is 0. The molecule has 39 heavy (non-hydrogen) atoms. The van der Waals surface area contributed by atoms with Gasteiger partial charge >= 0.3 is 6.18 Å². The lowest BCUT2D eigenvalue weighted by atomic mass is 9.62. The van der Waals surface area contributed by atoms with E-state index in [9.17, 15) is 22.4 Å². The number of rotatable bonds is 9. The highest BCUT2D eigenvalue weighted by Gasteiger charge is 2.64. The average Bonchev–Trinajstić information content (AvgIpc) is 2.93. The van der Waals surface area contributed by atoms with Crippen molar-refractivity contribution in [1.29, 1.82) is 0 Å². The van der Waals surface area contributed by atoms with Crippen molar-refractivity contribution in [3.05, 3.63) is 65.5 Å². The van der Waals surface area contributed by atoms with Crippen LogP contribution in [0.1, 0.15) is 42.7 Å². The molecule has 0 aromatic heterocycles. The van der Waals surface area contributed by atoms with E-state index in [-0.39, 0.29) is 30.0 Å². The van der Waals surface area contributed by atoms with Gasteiger partial charge in [-0.1, -0.05) is 36.4 Å². The molecular weight excluding hydrogens is 516 g/mol. The second-order valence-electron chi connectivity index (χ2n) is 10.3. The maximum Gasteiger partial charge on any atom is 0.430 e. The van der Waals surface area contributed by atoms with Crippen LogP contribution >= 0.6 is 0 Å². The first-order valence-electron chi connectivity index (χ1n) is 13.3. The Labute approximate surface area is 226 Å². The number of halogens is 4. The number of benzene rings is 2. The molecule has 214 valence electrons. The number of likely N-dealkylation sites (tertiary alicyclic amines) is 1. The Morgan fingerprint density at radius 1 is 1.05 bits per heavy atom. The van der Waals surface area contributed by atoms with Gasteiger partial charge in [0.15, 0.2) is 0 Å². The lowest BCUT2D eigenvalue weighted by Crippen LogP contribution is -2.59. The number of hydrogen-bond donors (Lipinski definition) is 1. The fraction of sp³-hybridized carbons (Fsp3) is 0.552. The van der Waals surface area contributed by atoms with E-state index in [2.05, 4.69) is 5.32 Å². The van der Waals surface area contributed by atoms with E-state index < -0.39 is 23.5 Å². The summed E-state index contributed by atoms with van der Waals surface area (Å²) in [6.45, 7) is 2.60. The van der Waals surface area contributed by atoms with E-state index in [0.717, 1.165) is 25.6 Å². The molecule has 6 nitrogen and oxygen atoms in total. The third-order valence-electron chi connectivity index (χ3n) is 8.22. The summed E-state index contributed by atoms with van der Waals surface area (Å²) in [5, 5.41) is 3.41. The first-order chi connectivity index (χ1) is 18.7. The Morgan fingerprint density at radius 3 is 2.41 bits per heavy atom. The molecule has 0 unspecified atom stereocenters. The predicted molar refractivity (Wildman–Crippen MR) is 138 cm³/mol. The van der Waals surface area contributed by atoms with Crippen LogP contribution in [0.25, 0.3) is 0 Å². The highest BCUT2D eigenvalue weighted by molar-refractivity contribution is 5.88. The molecule has 1 N–H and O–H groups in total. The third kappa shape index (κ3) is 5.78. The van der Waals surface area contributed by atoms with Gasteiger partial charge in [0.2, 0.25) is 0 Å². The Bertz CT molecular complexity index is 1110. The molecule has 2 aromatic rings. The molecule has 4 rings (SSSR count). The predicted octanol–water partition coefficient (Wildman–Crippen LogP) is 5.03. The van der Waals surface area contributed by atoms with E-state index in [1.54, 1.807) is 19.2 Å². The summed E-state index contributed by atoms with van der Waals surface area (Å²) in [5.74, 6) is -1.08. The monoisotopic (exact) mass is 552 g/mol. The van der Waals surface area contributed by atoms with Crippen LogP contribution < -0.4 is 10.1 Å². The first kappa shape index (κ1) is 29.3. The van der Waals surface area contributed by atoms with Crippen LogP contribution in [0.15, 0.2) is 48.5 Å². The number of alkyl halides is 3. The van der Waals surface area contributed by atoms with Gasteiger partial charge in [-0.15, -0.1) is 0 Å². The van der Waals surface area contributed by atoms with Gasteiger partial charge in [0.05, 0.1) is 6.61 Å². The molecular formula is C29H36F4N2O4. The van der Waals surface area contributed by atoms with Crippen LogP contribution in [0, 0.1) is 11.2 Å². The maximum atomic E-state index is 14.5. The number of carbonyl (C=O) groups excluding carboxylic acids is 1. The summed E-state index contributed by atoms with van der Waals surface area (Å²) in [5.41, 5.74) is -2.73. The minimum absolute atomic E-state index is 0.0505. The van der Waals surface area contributed by atoms with Crippen molar-refractivity contribution < 1.29 is 36.6 Å². The fourth-order valence-corrected chi connectivity index (χ4v) is 6.10. The van der Waals surface area contributed by atoms with Gasteiger partial charge in [0.25, 0.3) is 11.5 Å². The number of piperidine rings is 2. The third-order valence-corrected chi connectivity index (χ3v) is 8.22. The van der Waals surface area contributed by atoms with Gasteiger partial charge < -0.3 is 24.4 Å². The molecule has 0 bridgehead atoms. The SMILES string of the molecule is COCCCOc1cc(F)ccc1[C@@H]1CNCCC12CCN(C(=O)[C@](OC)(c1ccccc1)C(F)(F)F)CC2. The van der Waals surface area contributed by atoms with Crippen molar-refractivity contribution in [3.8, 4) is 5.75 Å². The Morgan fingerprint density at radius 2 is 1.77 bits per heavy atom. The van der Waals surface area contributed by atoms with Crippen LogP contribution in [0.5, 0.6) is 5.75 Å². The molecule has 10 heteroatoms. The number of carbonyl (C=O) groups is 1. The Balaban J connectivity index is 1.58. The van der Waals surface area contributed by atoms with Crippen molar-refractivity contribution in [1.82, 2.24) is 10.2 Å². The maximum absolute atomic E-state index is 14.5. The zero-order valence-electron chi connectivity index (χ0n) is 22.4. The lowest BCUT2D eigenvalue weighted by molar-refractivity contribution is -0.271. The molecule has 2 aliphatic heterocycles. The lowest BCUT2D eigenvalue weighted by Gasteiger charge is -2.51. The van der Waals surface area contributed by atoms with E-state index >= 15 is 0 Å². The van der Waals surface area contributed by atoms with E-state index in [0.29, 0.717) is 44.8 Å². The molecule has 2 saturated heterocycles. The van der Waals surface area contributed by atoms with Crippen molar-refractivity contribution in [2.45, 2.75) is 43.4 Å². The van der Waals surface area contributed by atoms with Gasteiger partial charge in [-0.25, -0.2) is 4.39 Å². The van der Waals surface area contributed by atoms with Crippen LogP contribution in [-0.2, 0) is 19.9 Å². The summed E-state index contributed by atoms with van der Waals surface area (Å²) in [4.78, 5) is 14.9. The number of nitrogens with one attached hydrogen (secondary N) is 1. The topological polar surface area (TPSA) is 60.0 Å². The largest absolute Gasteiger partial charge is 0.493 e. The van der Waals surface area contributed by atoms with Crippen molar-refractivity contribution >= 4 is 5.91 Å². The van der Waals surface area contributed by atoms with Crippen molar-refractivity contribution in [2.24, 2.45) is 5.41 Å². The van der Waals surface area contributed by atoms with Crippen molar-refractivity contribution in [2.75, 3.05) is 53.6 Å². The molecule has 1 spiro atoms. The molecule has 2 atom stereocenters. The number of amides is 1. The van der Waals surface area contributed by atoms with Gasteiger partial charge in [0.1, 0.15) is 11.6 Å². The summed E-state index contributed by atoms with van der Waals surface area (Å²) in [7, 11) is 2.53. The molecule has 0 saturated carbocycles. The van der Waals surface area contributed by atoms with E-state index in [1.165, 1.54) is 41.3 Å². The van der Waals surface area contributed by atoms with Gasteiger partial charge in [0, 0.05) is 64.4 Å². The summed E-state index contributed by atoms with van der Waals surface area (Å²) in [6, 6.07) is 11.6. The molecule has 0 aliphatic carbocycles. The quantitative estimate of drug-likeness (QED) is 0.349. The molecule has 0 radical (unpaired) electrons. The number of ether oxygens (including phenoxy) is 3. The smallest absolute Gasteiger partial charge is 0.430 e. The Hall–Kier alpha value is -2.69. The van der Waals surface area contributed by atoms with Gasteiger partial charge in [-0.2, -0.15) is 13.2 Å². The van der Waals surface area contributed by atoms with Gasteiger partial charge in [-0.05, 0) is 42.9 Å². The number of hydrogen-bond acceptors (Lipinski definition) is 5. The van der Waals surface area contributed by atoms with Crippen molar-refractivity contribution in [3.63, 3.8) is 0 Å². The second kappa shape index (κ2) is 12.2. The van der Waals surface area contributed by atoms with Crippen LogP contribution in [0.3, 0.4) is 0 Å². The normalized spacial score (nSPS) is 21.0. The minimum Gasteiger partial charge on any atom is -0.493 e. The van der Waals surface area contributed by atoms with Crippen LogP contribution in [0.4, 0.5) is 17.6 Å². The molecule has 2 aliphatic rings. The molecule has 2 aromatic carbocycles. The number of nitrogens with zero attached hydrogens (tertiary/aromatic N) is 1. The zero-order valence-corrected chi connectivity index (χ0v) is 22.4. The number of methoxy groups -OCH3 is 2. The highest BCUT2D eigenvalue weighted by atomic mass is 19.4. The van der Waals surface area contributed by atoms with E-state index in [4.69, 9.17) is 14.2 Å². The second-order valence-corrected chi connectivity index (χ2v) is 10.3. The zero-order chi connectivity index (χ0) is 28.1. The standard InChI is InChI=1S/C29H36F4N2O4/c1-37-17-6-18-39-25-19-22(30)9-10-23(25)24-20-34-14-11-27(24)12-15-35(16-13-27)26(36)28(38-2,29(31,32)33)21-7-4-3-5-8-21/h3-5,7-10,19,24,34H,6,11-18,20H2,1-2H3/t24-,28+/m0/s1. The van der Waals surface area contributed by atoms with E-state index in [1.807, 2.05) is 0 Å². The summed E-state index contributed by atoms with van der Waals surface area (Å²) in [6.07, 6.45) is -2.49. The molecule has 2 heterocycles. The highest BCUT2D eigenvalue weighted by Crippen LogP contribution is 2.51. The summed E-state index contributed by atoms with van der Waals surface area (Å²) < 4.78 is 73.7. The fourth-order valence-electron chi connectivity index (χ4n) is 6.10.